The number of benzene rings is 1. The van der Waals surface area contributed by atoms with Crippen LogP contribution in [0.4, 0.5) is 5.69 Å². The van der Waals surface area contributed by atoms with Crippen LogP contribution in [0.1, 0.15) is 16.8 Å². The molecule has 1 aliphatic heterocycles. The monoisotopic (exact) mass is 310 g/mol. The Bertz CT molecular complexity index is 528. The molecule has 7 heteroatoms. The van der Waals surface area contributed by atoms with Gasteiger partial charge in [-0.3, -0.25) is 14.5 Å². The first kappa shape index (κ1) is 15.8. The van der Waals surface area contributed by atoms with E-state index in [1.54, 1.807) is 6.07 Å². The molecule has 2 amide bonds. The lowest BCUT2D eigenvalue weighted by molar-refractivity contribution is -0.117. The number of carbonyl (C=O) groups excluding carboxylic acids is 2. The van der Waals surface area contributed by atoms with Gasteiger partial charge in [0.2, 0.25) is 11.8 Å². The minimum Gasteiger partial charge on any atom is -0.366 e. The largest absolute Gasteiger partial charge is 0.366 e. The molecule has 21 heavy (non-hydrogen) atoms. The van der Waals surface area contributed by atoms with Gasteiger partial charge >= 0.3 is 0 Å². The summed E-state index contributed by atoms with van der Waals surface area (Å²) < 4.78 is 0. The van der Waals surface area contributed by atoms with Crippen molar-refractivity contribution in [3.8, 4) is 0 Å². The first-order valence-corrected chi connectivity index (χ1v) is 7.26. The van der Waals surface area contributed by atoms with Crippen LogP contribution >= 0.6 is 11.6 Å². The number of amides is 2. The minimum absolute atomic E-state index is 0.0974. The highest BCUT2D eigenvalue weighted by atomic mass is 35.5. The van der Waals surface area contributed by atoms with Crippen LogP contribution < -0.4 is 16.4 Å². The Hall–Kier alpha value is -1.63. The number of hydrogen-bond acceptors (Lipinski definition) is 4. The van der Waals surface area contributed by atoms with Gasteiger partial charge < -0.3 is 16.4 Å². The first-order valence-electron chi connectivity index (χ1n) is 6.88. The van der Waals surface area contributed by atoms with Gasteiger partial charge in [0.1, 0.15) is 0 Å². The predicted molar refractivity (Wildman–Crippen MR) is 82.5 cm³/mol. The van der Waals surface area contributed by atoms with Gasteiger partial charge in [-0.1, -0.05) is 11.6 Å². The Labute approximate surface area is 128 Å². The lowest BCUT2D eigenvalue weighted by atomic mass is 10.2. The number of halogens is 1. The van der Waals surface area contributed by atoms with Gasteiger partial charge in [0.15, 0.2) is 0 Å². The molecule has 6 nitrogen and oxygen atoms in total. The van der Waals surface area contributed by atoms with Gasteiger partial charge in [-0.25, -0.2) is 0 Å². The minimum atomic E-state index is -0.588. The number of hydrogen-bond donors (Lipinski definition) is 3. The Balaban J connectivity index is 1.93. The number of nitrogens with one attached hydrogen (secondary N) is 2. The molecule has 1 heterocycles. The molecule has 0 saturated carbocycles. The molecule has 4 N–H and O–H groups in total. The maximum absolute atomic E-state index is 12.0. The fourth-order valence-corrected chi connectivity index (χ4v) is 2.53. The Morgan fingerprint density at radius 3 is 2.86 bits per heavy atom. The number of nitrogens with zero attached hydrogens (tertiary/aromatic N) is 1. The summed E-state index contributed by atoms with van der Waals surface area (Å²) in [6.45, 7) is 3.99. The Morgan fingerprint density at radius 1 is 1.33 bits per heavy atom. The van der Waals surface area contributed by atoms with Crippen molar-refractivity contribution in [3.63, 3.8) is 0 Å². The van der Waals surface area contributed by atoms with E-state index >= 15 is 0 Å². The zero-order chi connectivity index (χ0) is 15.2. The van der Waals surface area contributed by atoms with E-state index in [0.29, 0.717) is 12.2 Å². The SMILES string of the molecule is NC(=O)c1ccc(NC(=O)CN2CCCNCC2)cc1Cl. The van der Waals surface area contributed by atoms with E-state index in [0.717, 1.165) is 32.6 Å². The van der Waals surface area contributed by atoms with E-state index in [-0.39, 0.29) is 16.5 Å². The van der Waals surface area contributed by atoms with Gasteiger partial charge in [-0.2, -0.15) is 0 Å². The van der Waals surface area contributed by atoms with E-state index in [2.05, 4.69) is 15.5 Å². The van der Waals surface area contributed by atoms with Crippen molar-refractivity contribution in [2.45, 2.75) is 6.42 Å². The van der Waals surface area contributed by atoms with E-state index in [9.17, 15) is 9.59 Å². The maximum atomic E-state index is 12.0. The van der Waals surface area contributed by atoms with Gasteiger partial charge in [0, 0.05) is 18.8 Å². The van der Waals surface area contributed by atoms with Crippen LogP contribution in [0.15, 0.2) is 18.2 Å². The molecule has 0 unspecified atom stereocenters. The van der Waals surface area contributed by atoms with Crippen molar-refractivity contribution in [1.82, 2.24) is 10.2 Å². The summed E-state index contributed by atoms with van der Waals surface area (Å²) in [5, 5.41) is 6.30. The third kappa shape index (κ3) is 4.70. The van der Waals surface area contributed by atoms with Gasteiger partial charge in [-0.05, 0) is 37.7 Å². The summed E-state index contributed by atoms with van der Waals surface area (Å²) in [4.78, 5) is 25.2. The summed E-state index contributed by atoms with van der Waals surface area (Å²) in [6, 6.07) is 4.66. The average molecular weight is 311 g/mol. The van der Waals surface area contributed by atoms with Crippen LogP contribution in [-0.2, 0) is 4.79 Å². The van der Waals surface area contributed by atoms with Gasteiger partial charge in [0.05, 0.1) is 17.1 Å². The zero-order valence-corrected chi connectivity index (χ0v) is 12.4. The number of nitrogens with two attached hydrogens (primary N) is 1. The van der Waals surface area contributed by atoms with E-state index in [1.807, 2.05) is 0 Å². The van der Waals surface area contributed by atoms with E-state index in [1.165, 1.54) is 12.1 Å². The average Bonchev–Trinajstić information content (AvgIpc) is 2.66. The number of rotatable bonds is 4. The van der Waals surface area contributed by atoms with Crippen LogP contribution in [0.2, 0.25) is 5.02 Å². The summed E-state index contributed by atoms with van der Waals surface area (Å²) >= 11 is 5.95. The molecular weight excluding hydrogens is 292 g/mol. The molecule has 0 aliphatic carbocycles. The topological polar surface area (TPSA) is 87.5 Å². The lowest BCUT2D eigenvalue weighted by Crippen LogP contribution is -2.35. The molecule has 1 saturated heterocycles. The summed E-state index contributed by atoms with van der Waals surface area (Å²) in [5.74, 6) is -0.685. The molecule has 0 radical (unpaired) electrons. The van der Waals surface area contributed by atoms with Crippen molar-refractivity contribution < 1.29 is 9.59 Å². The fraction of sp³-hybridized carbons (Fsp3) is 0.429. The second-order valence-electron chi connectivity index (χ2n) is 4.99. The molecule has 114 valence electrons. The second kappa shape index (κ2) is 7.40. The molecule has 0 spiro atoms. The molecule has 0 aromatic heterocycles. The fourth-order valence-electron chi connectivity index (χ4n) is 2.26. The summed E-state index contributed by atoms with van der Waals surface area (Å²) in [5.41, 5.74) is 5.98. The van der Waals surface area contributed by atoms with Crippen molar-refractivity contribution in [2.24, 2.45) is 5.73 Å². The van der Waals surface area contributed by atoms with Crippen molar-refractivity contribution >= 4 is 29.1 Å². The number of carbonyl (C=O) groups is 2. The molecule has 1 aromatic carbocycles. The Morgan fingerprint density at radius 2 is 2.14 bits per heavy atom. The quantitative estimate of drug-likeness (QED) is 0.763. The predicted octanol–water partition coefficient (Wildman–Crippen LogP) is 0.673. The van der Waals surface area contributed by atoms with Crippen LogP contribution in [-0.4, -0.2) is 49.4 Å². The number of anilines is 1. The highest BCUT2D eigenvalue weighted by Gasteiger charge is 2.13. The lowest BCUT2D eigenvalue weighted by Gasteiger charge is -2.18. The second-order valence-corrected chi connectivity index (χ2v) is 5.39. The third-order valence-corrected chi connectivity index (χ3v) is 3.63. The highest BCUT2D eigenvalue weighted by Crippen LogP contribution is 2.20. The van der Waals surface area contributed by atoms with E-state index < -0.39 is 5.91 Å². The van der Waals surface area contributed by atoms with Crippen molar-refractivity contribution in [1.29, 1.82) is 0 Å². The van der Waals surface area contributed by atoms with Crippen molar-refractivity contribution in [2.75, 3.05) is 38.0 Å². The molecule has 1 fully saturated rings. The van der Waals surface area contributed by atoms with Crippen LogP contribution in [0.5, 0.6) is 0 Å². The smallest absolute Gasteiger partial charge is 0.250 e. The summed E-state index contributed by atoms with van der Waals surface area (Å²) in [6.07, 6.45) is 1.03. The molecule has 1 aliphatic rings. The summed E-state index contributed by atoms with van der Waals surface area (Å²) in [7, 11) is 0. The Kier molecular flexibility index (Phi) is 5.55. The molecule has 2 rings (SSSR count). The highest BCUT2D eigenvalue weighted by molar-refractivity contribution is 6.34. The third-order valence-electron chi connectivity index (χ3n) is 3.32. The normalized spacial score (nSPS) is 16.2. The molecule has 1 aromatic rings. The van der Waals surface area contributed by atoms with Crippen molar-refractivity contribution in [3.05, 3.63) is 28.8 Å². The van der Waals surface area contributed by atoms with Crippen LogP contribution in [0.25, 0.3) is 0 Å². The van der Waals surface area contributed by atoms with E-state index in [4.69, 9.17) is 17.3 Å². The van der Waals surface area contributed by atoms with Crippen LogP contribution in [0, 0.1) is 0 Å². The maximum Gasteiger partial charge on any atom is 0.250 e. The standard InChI is InChI=1S/C14H19ClN4O2/c15-12-8-10(2-3-11(12)14(16)21)18-13(20)9-19-6-1-4-17-5-7-19/h2-3,8,17H,1,4-7,9H2,(H2,16,21)(H,18,20). The molecule has 0 atom stereocenters. The van der Waals surface area contributed by atoms with Gasteiger partial charge in [-0.15, -0.1) is 0 Å². The van der Waals surface area contributed by atoms with Crippen LogP contribution in [0.3, 0.4) is 0 Å². The molecular formula is C14H19ClN4O2. The first-order chi connectivity index (χ1) is 10.1. The van der Waals surface area contributed by atoms with Gasteiger partial charge in [0.25, 0.3) is 0 Å². The number of primary amides is 1. The zero-order valence-electron chi connectivity index (χ0n) is 11.7. The molecule has 0 bridgehead atoms.